The molecule has 0 aromatic heterocycles. The predicted octanol–water partition coefficient (Wildman–Crippen LogP) is 2.99. The molecule has 3 rings (SSSR count). The van der Waals surface area contributed by atoms with E-state index in [4.69, 9.17) is 0 Å². The van der Waals surface area contributed by atoms with Gasteiger partial charge in [-0.3, -0.25) is 9.59 Å². The fraction of sp³-hybridized carbons (Fsp3) is 0.158. The van der Waals surface area contributed by atoms with E-state index < -0.39 is 10.9 Å². The zero-order valence-corrected chi connectivity index (χ0v) is 12.2. The molecule has 0 fully saturated rings. The lowest BCUT2D eigenvalue weighted by Crippen LogP contribution is -2.36. The van der Waals surface area contributed by atoms with Gasteiger partial charge in [-0.15, -0.1) is 0 Å². The number of aryl methyl sites for hydroxylation is 1. The van der Waals surface area contributed by atoms with Crippen molar-refractivity contribution in [1.82, 2.24) is 0 Å². The van der Waals surface area contributed by atoms with Crippen LogP contribution in [0.2, 0.25) is 0 Å². The van der Waals surface area contributed by atoms with Gasteiger partial charge in [0.05, 0.1) is 11.3 Å². The van der Waals surface area contributed by atoms with Crippen LogP contribution in [0.1, 0.15) is 12.0 Å². The van der Waals surface area contributed by atoms with Crippen LogP contribution in [-0.4, -0.2) is 6.54 Å². The Hall–Kier alpha value is -2.68. The topological polar surface area (TPSA) is 46.2 Å². The van der Waals surface area contributed by atoms with Gasteiger partial charge >= 0.3 is 0 Å². The van der Waals surface area contributed by atoms with Crippen LogP contribution in [0.15, 0.2) is 70.3 Å². The molecule has 3 aromatic rings. The van der Waals surface area contributed by atoms with E-state index in [1.165, 1.54) is 5.56 Å². The zero-order valence-electron chi connectivity index (χ0n) is 12.2. The highest BCUT2D eigenvalue weighted by molar-refractivity contribution is 5.81. The summed E-state index contributed by atoms with van der Waals surface area (Å²) < 4.78 is 0. The Balaban J connectivity index is 1.63. The zero-order chi connectivity index (χ0) is 15.4. The van der Waals surface area contributed by atoms with Crippen molar-refractivity contribution in [2.24, 2.45) is 0 Å². The third-order valence-electron chi connectivity index (χ3n) is 3.76. The summed E-state index contributed by atoms with van der Waals surface area (Å²) in [6.45, 7) is 0.680. The Bertz CT molecular complexity index is 816. The highest BCUT2D eigenvalue weighted by atomic mass is 16.2. The lowest BCUT2D eigenvalue weighted by atomic mass is 9.98. The molecular formula is C19H17NO2. The third-order valence-corrected chi connectivity index (χ3v) is 3.76. The second-order valence-corrected chi connectivity index (χ2v) is 5.29. The molecular weight excluding hydrogens is 274 g/mol. The van der Waals surface area contributed by atoms with E-state index in [0.717, 1.165) is 18.4 Å². The summed E-state index contributed by atoms with van der Waals surface area (Å²) in [5, 5.41) is 3.13. The predicted molar refractivity (Wildman–Crippen MR) is 90.0 cm³/mol. The maximum Gasteiger partial charge on any atom is 0.250 e. The van der Waals surface area contributed by atoms with Crippen molar-refractivity contribution in [2.45, 2.75) is 12.8 Å². The average Bonchev–Trinajstić information content (AvgIpc) is 2.58. The van der Waals surface area contributed by atoms with Gasteiger partial charge in [0, 0.05) is 6.54 Å². The van der Waals surface area contributed by atoms with Crippen molar-refractivity contribution >= 4 is 5.69 Å². The molecule has 0 spiro atoms. The minimum Gasteiger partial charge on any atom is -0.381 e. The van der Waals surface area contributed by atoms with Crippen LogP contribution in [0.3, 0.4) is 0 Å². The van der Waals surface area contributed by atoms with Gasteiger partial charge in [-0.05, 0) is 24.0 Å². The number of hydrogen-bond donors (Lipinski definition) is 1. The summed E-state index contributed by atoms with van der Waals surface area (Å²) in [5.41, 5.74) is 2.26. The van der Waals surface area contributed by atoms with E-state index in [0.29, 0.717) is 17.8 Å². The van der Waals surface area contributed by atoms with Crippen LogP contribution in [-0.2, 0) is 6.42 Å². The first-order valence-corrected chi connectivity index (χ1v) is 7.44. The van der Waals surface area contributed by atoms with E-state index in [1.807, 2.05) is 48.5 Å². The average molecular weight is 291 g/mol. The van der Waals surface area contributed by atoms with Crippen LogP contribution in [0.4, 0.5) is 5.69 Å². The molecule has 3 aromatic carbocycles. The fourth-order valence-electron chi connectivity index (χ4n) is 2.59. The van der Waals surface area contributed by atoms with E-state index in [2.05, 4.69) is 17.4 Å². The lowest BCUT2D eigenvalue weighted by molar-refractivity contribution is 0.861. The highest BCUT2D eigenvalue weighted by Crippen LogP contribution is 2.22. The van der Waals surface area contributed by atoms with Gasteiger partial charge in [0.1, 0.15) is 0 Å². The second-order valence-electron chi connectivity index (χ2n) is 5.29. The van der Waals surface area contributed by atoms with Gasteiger partial charge in [0.25, 0.3) is 0 Å². The van der Waals surface area contributed by atoms with Crippen LogP contribution in [0.25, 0.3) is 11.1 Å². The van der Waals surface area contributed by atoms with Gasteiger partial charge in [-0.2, -0.15) is 0 Å². The Kier molecular flexibility index (Phi) is 4.15. The Morgan fingerprint density at radius 2 is 1.41 bits per heavy atom. The van der Waals surface area contributed by atoms with Crippen LogP contribution >= 0.6 is 0 Å². The summed E-state index contributed by atoms with van der Waals surface area (Å²) in [6.07, 6.45) is 1.86. The van der Waals surface area contributed by atoms with Crippen LogP contribution in [0, 0.1) is 0 Å². The molecule has 0 saturated heterocycles. The minimum atomic E-state index is -0.404. The molecule has 1 N–H and O–H groups in total. The first kappa shape index (κ1) is 14.3. The Labute approximate surface area is 128 Å². The van der Waals surface area contributed by atoms with E-state index >= 15 is 0 Å². The second kappa shape index (κ2) is 6.39. The van der Waals surface area contributed by atoms with E-state index in [9.17, 15) is 9.59 Å². The van der Waals surface area contributed by atoms with Crippen molar-refractivity contribution in [3.63, 3.8) is 0 Å². The highest BCUT2D eigenvalue weighted by Gasteiger charge is 2.21. The molecule has 3 heteroatoms. The maximum absolute atomic E-state index is 11.8. The standard InChI is InChI=1S/C19H17NO2/c21-18-16(15-11-5-2-6-12-15)17(19(18)22)20-13-7-10-14-8-3-1-4-9-14/h1-6,8-9,11-12,20H,7,10,13H2. The normalized spacial score (nSPS) is 10.7. The molecule has 0 amide bonds. The van der Waals surface area contributed by atoms with Crippen molar-refractivity contribution in [1.29, 1.82) is 0 Å². The molecule has 0 aliphatic carbocycles. The molecule has 0 saturated carbocycles. The number of nitrogens with one attached hydrogen (secondary N) is 1. The SMILES string of the molecule is O=c1c(NCCCc2ccccc2)c(-c2ccccc2)c1=O. The monoisotopic (exact) mass is 291 g/mol. The Morgan fingerprint density at radius 3 is 2.09 bits per heavy atom. The van der Waals surface area contributed by atoms with Gasteiger partial charge in [0.2, 0.25) is 10.9 Å². The number of benzene rings is 2. The molecule has 0 bridgehead atoms. The van der Waals surface area contributed by atoms with Gasteiger partial charge < -0.3 is 5.32 Å². The molecule has 0 aliphatic heterocycles. The van der Waals surface area contributed by atoms with Crippen molar-refractivity contribution in [2.75, 3.05) is 11.9 Å². The summed E-state index contributed by atoms with van der Waals surface area (Å²) in [6, 6.07) is 19.5. The first-order chi connectivity index (χ1) is 10.8. The van der Waals surface area contributed by atoms with Crippen molar-refractivity contribution in [3.8, 4) is 11.1 Å². The first-order valence-electron chi connectivity index (χ1n) is 7.44. The molecule has 3 nitrogen and oxygen atoms in total. The van der Waals surface area contributed by atoms with Crippen LogP contribution < -0.4 is 16.2 Å². The number of rotatable bonds is 6. The summed E-state index contributed by atoms with van der Waals surface area (Å²) in [7, 11) is 0. The molecule has 0 unspecified atom stereocenters. The molecule has 0 radical (unpaired) electrons. The molecule has 110 valence electrons. The maximum atomic E-state index is 11.8. The minimum absolute atomic E-state index is 0.392. The number of hydrogen-bond acceptors (Lipinski definition) is 3. The Morgan fingerprint density at radius 1 is 0.773 bits per heavy atom. The molecule has 0 atom stereocenters. The van der Waals surface area contributed by atoms with E-state index in [1.54, 1.807) is 0 Å². The van der Waals surface area contributed by atoms with Gasteiger partial charge in [-0.1, -0.05) is 60.7 Å². The largest absolute Gasteiger partial charge is 0.381 e. The molecule has 0 heterocycles. The summed E-state index contributed by atoms with van der Waals surface area (Å²) >= 11 is 0. The van der Waals surface area contributed by atoms with E-state index in [-0.39, 0.29) is 0 Å². The van der Waals surface area contributed by atoms with Crippen molar-refractivity contribution < 1.29 is 0 Å². The number of anilines is 1. The van der Waals surface area contributed by atoms with Crippen LogP contribution in [0.5, 0.6) is 0 Å². The molecule has 0 aliphatic rings. The quantitative estimate of drug-likeness (QED) is 0.561. The van der Waals surface area contributed by atoms with Gasteiger partial charge in [-0.25, -0.2) is 0 Å². The molecule has 22 heavy (non-hydrogen) atoms. The summed E-state index contributed by atoms with van der Waals surface area (Å²) in [4.78, 5) is 23.5. The smallest absolute Gasteiger partial charge is 0.250 e. The summed E-state index contributed by atoms with van der Waals surface area (Å²) in [5.74, 6) is 0. The third kappa shape index (κ3) is 2.84. The lowest BCUT2D eigenvalue weighted by Gasteiger charge is -2.13. The van der Waals surface area contributed by atoms with Gasteiger partial charge in [0.15, 0.2) is 0 Å². The fourth-order valence-corrected chi connectivity index (χ4v) is 2.59. The van der Waals surface area contributed by atoms with Crippen molar-refractivity contribution in [3.05, 3.63) is 86.7 Å².